The van der Waals surface area contributed by atoms with Crippen LogP contribution in [-0.4, -0.2) is 28.1 Å². The Kier molecular flexibility index (Phi) is 10.0. The third-order valence-electron chi connectivity index (χ3n) is 6.36. The zero-order valence-electron chi connectivity index (χ0n) is 20.8. The molecule has 0 unspecified atom stereocenters. The van der Waals surface area contributed by atoms with Crippen LogP contribution < -0.4 is 10.4 Å². The second-order valence-electron chi connectivity index (χ2n) is 8.04. The molecule has 0 aromatic heterocycles. The molecule has 2 rings (SSSR count). The Morgan fingerprint density at radius 3 is 1.19 bits per heavy atom. The van der Waals surface area contributed by atoms with Crippen LogP contribution >= 0.6 is 0 Å². The molecule has 0 fully saturated rings. The van der Waals surface area contributed by atoms with Crippen LogP contribution in [0.3, 0.4) is 0 Å². The molecule has 0 aliphatic heterocycles. The van der Waals surface area contributed by atoms with Crippen molar-refractivity contribution in [2.24, 2.45) is 0 Å². The summed E-state index contributed by atoms with van der Waals surface area (Å²) in [6.07, 6.45) is 0. The summed E-state index contributed by atoms with van der Waals surface area (Å²) in [7, 11) is -4.00. The summed E-state index contributed by atoms with van der Waals surface area (Å²) < 4.78 is 0. The van der Waals surface area contributed by atoms with E-state index in [-0.39, 0.29) is 11.1 Å². The fourth-order valence-electron chi connectivity index (χ4n) is 3.74. The van der Waals surface area contributed by atoms with Gasteiger partial charge in [-0.3, -0.25) is 0 Å². The molecule has 0 bridgehead atoms. The van der Waals surface area contributed by atoms with Gasteiger partial charge in [0.05, 0.1) is 11.1 Å². The highest BCUT2D eigenvalue weighted by Gasteiger charge is 2.27. The second kappa shape index (κ2) is 12.7. The minimum atomic E-state index is -2.00. The Morgan fingerprint density at radius 1 is 0.639 bits per heavy atom. The summed E-state index contributed by atoms with van der Waals surface area (Å²) >= 11 is 0. The quantitative estimate of drug-likeness (QED) is 0.146. The normalized spacial score (nSPS) is 10.9. The molecule has 0 aliphatic rings. The Labute approximate surface area is 214 Å². The standard InChI is InChI=1S/C28H32O6Si2/c1-8-35(9-2,10-3)25-18-14-23(15-19-25)27(29)33-31-22(7)32-34-28(30)24-16-20-26(21-17-24)36(11-4,12-5)13-6/h8-9,11-12,14-21H,1-2,4-5,7,10,13H2,3,6H3. The van der Waals surface area contributed by atoms with Crippen molar-refractivity contribution >= 4 is 38.5 Å². The fourth-order valence-corrected chi connectivity index (χ4v) is 8.56. The first-order valence-corrected chi connectivity index (χ1v) is 16.2. The maximum atomic E-state index is 12.3. The van der Waals surface area contributed by atoms with Crippen molar-refractivity contribution in [2.75, 3.05) is 0 Å². The molecule has 0 radical (unpaired) electrons. The Hall–Kier alpha value is -3.89. The van der Waals surface area contributed by atoms with Crippen molar-refractivity contribution in [3.8, 4) is 0 Å². The Bertz CT molecular complexity index is 1030. The maximum Gasteiger partial charge on any atom is 0.386 e. The van der Waals surface area contributed by atoms with E-state index in [0.717, 1.165) is 22.5 Å². The number of hydrogen-bond acceptors (Lipinski definition) is 6. The number of rotatable bonds is 14. The molecule has 0 spiro atoms. The van der Waals surface area contributed by atoms with Crippen LogP contribution in [0.15, 0.2) is 110 Å². The molecule has 2 aromatic rings. The van der Waals surface area contributed by atoms with Gasteiger partial charge in [-0.2, -0.15) is 0 Å². The Morgan fingerprint density at radius 2 is 0.944 bits per heavy atom. The maximum absolute atomic E-state index is 12.3. The van der Waals surface area contributed by atoms with Gasteiger partial charge >= 0.3 is 17.9 Å². The van der Waals surface area contributed by atoms with Gasteiger partial charge in [0.25, 0.3) is 0 Å². The van der Waals surface area contributed by atoms with Crippen LogP contribution in [0.2, 0.25) is 12.1 Å². The van der Waals surface area contributed by atoms with Crippen molar-refractivity contribution in [3.63, 3.8) is 0 Å². The summed E-state index contributed by atoms with van der Waals surface area (Å²) in [5.74, 6) is -2.04. The van der Waals surface area contributed by atoms with Gasteiger partial charge in [0, 0.05) is 0 Å². The van der Waals surface area contributed by atoms with E-state index in [1.165, 1.54) is 0 Å². The van der Waals surface area contributed by atoms with E-state index in [2.05, 4.69) is 46.7 Å². The predicted octanol–water partition coefficient (Wildman–Crippen LogP) is 5.29. The Balaban J connectivity index is 1.90. The SMILES string of the molecule is C=C[Si](C=C)(CC)c1ccc(C(=O)OOC(=C)OOC(=O)c2ccc([Si](C=C)(C=C)CC)cc2)cc1. The lowest BCUT2D eigenvalue weighted by molar-refractivity contribution is -0.317. The number of benzene rings is 2. The van der Waals surface area contributed by atoms with Crippen LogP contribution in [0.5, 0.6) is 0 Å². The van der Waals surface area contributed by atoms with Crippen molar-refractivity contribution < 1.29 is 29.1 Å². The number of hydrogen-bond donors (Lipinski definition) is 0. The number of carbonyl (C=O) groups is 2. The molecule has 8 heteroatoms. The highest BCUT2D eigenvalue weighted by atomic mass is 28.3. The van der Waals surface area contributed by atoms with E-state index < -0.39 is 34.0 Å². The van der Waals surface area contributed by atoms with Gasteiger partial charge in [0.15, 0.2) is 0 Å². The monoisotopic (exact) mass is 520 g/mol. The predicted molar refractivity (Wildman–Crippen MR) is 148 cm³/mol. The van der Waals surface area contributed by atoms with Crippen molar-refractivity contribution in [2.45, 2.75) is 25.9 Å². The van der Waals surface area contributed by atoms with Gasteiger partial charge in [-0.15, -0.1) is 26.3 Å². The van der Waals surface area contributed by atoms with Gasteiger partial charge < -0.3 is 0 Å². The van der Waals surface area contributed by atoms with Crippen LogP contribution in [0.25, 0.3) is 0 Å². The molecule has 6 nitrogen and oxygen atoms in total. The minimum Gasteiger partial charge on any atom is -0.243 e. The molecule has 0 saturated heterocycles. The molecular weight excluding hydrogens is 488 g/mol. The van der Waals surface area contributed by atoms with E-state index in [9.17, 15) is 9.59 Å². The molecule has 0 atom stereocenters. The van der Waals surface area contributed by atoms with E-state index >= 15 is 0 Å². The van der Waals surface area contributed by atoms with Gasteiger partial charge in [0.1, 0.15) is 16.1 Å². The molecule has 188 valence electrons. The van der Waals surface area contributed by atoms with Gasteiger partial charge in [0.2, 0.25) is 0 Å². The first-order valence-electron chi connectivity index (χ1n) is 11.5. The minimum absolute atomic E-state index is 0.265. The highest BCUT2D eigenvalue weighted by Crippen LogP contribution is 2.15. The summed E-state index contributed by atoms with van der Waals surface area (Å²) in [5.41, 5.74) is 8.35. The summed E-state index contributed by atoms with van der Waals surface area (Å²) in [4.78, 5) is 43.5. The summed E-state index contributed by atoms with van der Waals surface area (Å²) in [6.45, 7) is 23.4. The molecule has 0 saturated carbocycles. The van der Waals surface area contributed by atoms with Crippen LogP contribution in [0.4, 0.5) is 0 Å². The average Bonchev–Trinajstić information content (AvgIpc) is 2.93. The lowest BCUT2D eigenvalue weighted by Gasteiger charge is -2.23. The van der Waals surface area contributed by atoms with Gasteiger partial charge in [-0.1, -0.05) is 71.3 Å². The zero-order valence-corrected chi connectivity index (χ0v) is 22.8. The molecule has 0 aliphatic carbocycles. The molecular formula is C28H32O6Si2. The molecule has 0 N–H and O–H groups in total. The van der Waals surface area contributed by atoms with Crippen LogP contribution in [0, 0.1) is 0 Å². The van der Waals surface area contributed by atoms with E-state index in [0.29, 0.717) is 0 Å². The molecule has 0 amide bonds. The third kappa shape index (κ3) is 6.21. The largest absolute Gasteiger partial charge is 0.386 e. The lowest BCUT2D eigenvalue weighted by Crippen LogP contribution is -2.43. The third-order valence-corrected chi connectivity index (χ3v) is 14.4. The topological polar surface area (TPSA) is 71.1 Å². The van der Waals surface area contributed by atoms with Crippen LogP contribution in [0.1, 0.15) is 34.6 Å². The first kappa shape index (κ1) is 28.4. The highest BCUT2D eigenvalue weighted by molar-refractivity contribution is 7.00. The summed E-state index contributed by atoms with van der Waals surface area (Å²) in [6, 6.07) is 15.8. The van der Waals surface area contributed by atoms with E-state index in [1.54, 1.807) is 24.3 Å². The first-order chi connectivity index (χ1) is 17.2. The summed E-state index contributed by atoms with van der Waals surface area (Å²) in [5, 5.41) is 2.16. The average molecular weight is 521 g/mol. The van der Waals surface area contributed by atoms with Crippen molar-refractivity contribution in [3.05, 3.63) is 121 Å². The van der Waals surface area contributed by atoms with Crippen LogP contribution in [-0.2, 0) is 19.6 Å². The molecule has 2 aromatic carbocycles. The van der Waals surface area contributed by atoms with Gasteiger partial charge in [-0.25, -0.2) is 29.1 Å². The van der Waals surface area contributed by atoms with E-state index in [1.807, 2.05) is 47.1 Å². The molecule has 36 heavy (non-hydrogen) atoms. The number of carbonyl (C=O) groups excluding carboxylic acids is 2. The molecule has 0 heterocycles. The van der Waals surface area contributed by atoms with Crippen molar-refractivity contribution in [1.29, 1.82) is 0 Å². The zero-order chi connectivity index (χ0) is 26.8. The van der Waals surface area contributed by atoms with Crippen molar-refractivity contribution in [1.82, 2.24) is 0 Å². The smallest absolute Gasteiger partial charge is 0.243 e. The second-order valence-corrected chi connectivity index (χ2v) is 16.4. The lowest BCUT2D eigenvalue weighted by atomic mass is 10.2. The fraction of sp³-hybridized carbons (Fsp3) is 0.143. The van der Waals surface area contributed by atoms with Gasteiger partial charge in [-0.05, 0) is 42.9 Å². The van der Waals surface area contributed by atoms with E-state index in [4.69, 9.17) is 19.6 Å².